The number of H-pyrrole nitrogens is 1. The molecule has 24 heavy (non-hydrogen) atoms. The van der Waals surface area contributed by atoms with Crippen LogP contribution < -0.4 is 0 Å². The van der Waals surface area contributed by atoms with Gasteiger partial charge in [0.05, 0.1) is 24.1 Å². The first-order valence-corrected chi connectivity index (χ1v) is 7.51. The third-order valence-corrected chi connectivity index (χ3v) is 3.54. The Morgan fingerprint density at radius 1 is 1.25 bits per heavy atom. The summed E-state index contributed by atoms with van der Waals surface area (Å²) in [4.78, 5) is 39.2. The minimum absolute atomic E-state index is 0.0150. The van der Waals surface area contributed by atoms with Crippen molar-refractivity contribution in [2.45, 2.75) is 33.8 Å². The summed E-state index contributed by atoms with van der Waals surface area (Å²) in [6.45, 7) is 6.73. The highest BCUT2D eigenvalue weighted by molar-refractivity contribution is 6.04. The van der Waals surface area contributed by atoms with Gasteiger partial charge in [-0.15, -0.1) is 0 Å². The van der Waals surface area contributed by atoms with Crippen LogP contribution in [0.25, 0.3) is 0 Å². The summed E-state index contributed by atoms with van der Waals surface area (Å²) in [5.74, 6) is -1.65. The highest BCUT2D eigenvalue weighted by Gasteiger charge is 2.28. The summed E-state index contributed by atoms with van der Waals surface area (Å²) in [7, 11) is 0. The third-order valence-electron chi connectivity index (χ3n) is 3.54. The lowest BCUT2D eigenvalue weighted by Crippen LogP contribution is -2.25. The maximum Gasteiger partial charge on any atom is 0.374 e. The molecule has 2 rings (SSSR count). The van der Waals surface area contributed by atoms with Crippen molar-refractivity contribution in [3.8, 4) is 0 Å². The van der Waals surface area contributed by atoms with Crippen LogP contribution in [0.2, 0.25) is 0 Å². The highest BCUT2D eigenvalue weighted by Crippen LogP contribution is 2.21. The number of esters is 2. The van der Waals surface area contributed by atoms with Crippen LogP contribution in [0.3, 0.4) is 0 Å². The number of nitrogens with one attached hydrogen (secondary N) is 1. The fourth-order valence-corrected chi connectivity index (χ4v) is 2.38. The number of aryl methyl sites for hydroxylation is 1. The second kappa shape index (κ2) is 7.16. The van der Waals surface area contributed by atoms with Crippen LogP contribution in [0.5, 0.6) is 0 Å². The van der Waals surface area contributed by atoms with E-state index in [1.165, 1.54) is 19.3 Å². The quantitative estimate of drug-likeness (QED) is 0.644. The summed E-state index contributed by atoms with van der Waals surface area (Å²) < 4.78 is 15.0. The molecule has 0 aliphatic rings. The fraction of sp³-hybridized carbons (Fsp3) is 0.353. The standard InChI is InChI=1S/C17H19NO6/c1-5-22-17(21)13-9(2)14(18-10(13)3)15(19)11(4)24-16(20)12-7-6-8-23-12/h6-8,11,18H,5H2,1-4H3/t11-/m1/s1. The molecular weight excluding hydrogens is 314 g/mol. The van der Waals surface area contributed by atoms with Crippen LogP contribution in [0.1, 0.15) is 56.5 Å². The van der Waals surface area contributed by atoms with Crippen molar-refractivity contribution in [3.63, 3.8) is 0 Å². The first kappa shape index (κ1) is 17.5. The molecule has 0 radical (unpaired) electrons. The topological polar surface area (TPSA) is 98.6 Å². The predicted octanol–water partition coefficient (Wildman–Crippen LogP) is 2.83. The third kappa shape index (κ3) is 3.40. The average molecular weight is 333 g/mol. The van der Waals surface area contributed by atoms with Crippen molar-refractivity contribution in [3.05, 3.63) is 46.7 Å². The van der Waals surface area contributed by atoms with Crippen molar-refractivity contribution < 1.29 is 28.3 Å². The second-order valence-electron chi connectivity index (χ2n) is 5.23. The molecule has 1 N–H and O–H groups in total. The van der Waals surface area contributed by atoms with Crippen LogP contribution in [0.4, 0.5) is 0 Å². The van der Waals surface area contributed by atoms with Crippen molar-refractivity contribution >= 4 is 17.7 Å². The molecule has 0 unspecified atom stereocenters. The summed E-state index contributed by atoms with van der Waals surface area (Å²) >= 11 is 0. The maximum absolute atomic E-state index is 12.5. The summed E-state index contributed by atoms with van der Waals surface area (Å²) in [5, 5.41) is 0. The molecule has 7 nitrogen and oxygen atoms in total. The van der Waals surface area contributed by atoms with Gasteiger partial charge in [0, 0.05) is 5.69 Å². The fourth-order valence-electron chi connectivity index (χ4n) is 2.38. The minimum atomic E-state index is -1.03. The molecule has 0 aromatic carbocycles. The van der Waals surface area contributed by atoms with Crippen LogP contribution in [0.15, 0.2) is 22.8 Å². The molecule has 0 spiro atoms. The van der Waals surface area contributed by atoms with E-state index in [4.69, 9.17) is 13.9 Å². The van der Waals surface area contributed by atoms with Gasteiger partial charge in [0.2, 0.25) is 11.5 Å². The molecule has 0 amide bonds. The van der Waals surface area contributed by atoms with Gasteiger partial charge in [-0.2, -0.15) is 0 Å². The monoisotopic (exact) mass is 333 g/mol. The van der Waals surface area contributed by atoms with E-state index in [0.717, 1.165) is 0 Å². The van der Waals surface area contributed by atoms with Crippen LogP contribution in [-0.4, -0.2) is 35.4 Å². The lowest BCUT2D eigenvalue weighted by atomic mass is 10.1. The van der Waals surface area contributed by atoms with Crippen molar-refractivity contribution in [2.24, 2.45) is 0 Å². The molecular formula is C17H19NO6. The molecule has 2 aromatic heterocycles. The Morgan fingerprint density at radius 3 is 2.54 bits per heavy atom. The van der Waals surface area contributed by atoms with Gasteiger partial charge in [-0.05, 0) is 45.4 Å². The van der Waals surface area contributed by atoms with E-state index in [1.54, 1.807) is 26.8 Å². The number of Topliss-reactive ketones (excluding diaryl/α,β-unsaturated/α-hetero) is 1. The first-order valence-electron chi connectivity index (χ1n) is 7.51. The van der Waals surface area contributed by atoms with E-state index in [9.17, 15) is 14.4 Å². The first-order chi connectivity index (χ1) is 11.4. The molecule has 7 heteroatoms. The molecule has 0 aliphatic heterocycles. The smallest absolute Gasteiger partial charge is 0.374 e. The molecule has 0 saturated carbocycles. The van der Waals surface area contributed by atoms with Gasteiger partial charge in [-0.1, -0.05) is 0 Å². The molecule has 0 bridgehead atoms. The number of hydrogen-bond acceptors (Lipinski definition) is 6. The van der Waals surface area contributed by atoms with E-state index in [1.807, 2.05) is 0 Å². The molecule has 2 aromatic rings. The van der Waals surface area contributed by atoms with Crippen molar-refractivity contribution in [1.29, 1.82) is 0 Å². The number of carbonyl (C=O) groups is 3. The Bertz CT molecular complexity index is 756. The lowest BCUT2D eigenvalue weighted by Gasteiger charge is -2.11. The normalized spacial score (nSPS) is 11.8. The van der Waals surface area contributed by atoms with Gasteiger partial charge in [0.1, 0.15) is 0 Å². The molecule has 0 saturated heterocycles. The zero-order valence-corrected chi connectivity index (χ0v) is 14.0. The number of ketones is 1. The van der Waals surface area contributed by atoms with E-state index >= 15 is 0 Å². The zero-order chi connectivity index (χ0) is 17.9. The zero-order valence-electron chi connectivity index (χ0n) is 14.0. The highest BCUT2D eigenvalue weighted by atomic mass is 16.6. The Hall–Kier alpha value is -2.83. The molecule has 0 aliphatic carbocycles. The Labute approximate surface area is 138 Å². The summed E-state index contributed by atoms with van der Waals surface area (Å²) in [6.07, 6.45) is 0.307. The van der Waals surface area contributed by atoms with Crippen LogP contribution in [-0.2, 0) is 9.47 Å². The number of carbonyl (C=O) groups excluding carboxylic acids is 3. The molecule has 128 valence electrons. The molecule has 0 fully saturated rings. The van der Waals surface area contributed by atoms with Gasteiger partial charge in [-0.3, -0.25) is 4.79 Å². The molecule has 1 atom stereocenters. The predicted molar refractivity (Wildman–Crippen MR) is 84.1 cm³/mol. The molecule has 2 heterocycles. The average Bonchev–Trinajstić information content (AvgIpc) is 3.15. The summed E-state index contributed by atoms with van der Waals surface area (Å²) in [6, 6.07) is 3.00. The van der Waals surface area contributed by atoms with Gasteiger partial charge < -0.3 is 18.9 Å². The van der Waals surface area contributed by atoms with Crippen molar-refractivity contribution in [2.75, 3.05) is 6.61 Å². The SMILES string of the molecule is CCOC(=O)c1c(C)[nH]c(C(=O)[C@@H](C)OC(=O)c2ccco2)c1C. The Balaban J connectivity index is 2.19. The second-order valence-corrected chi connectivity index (χ2v) is 5.23. The van der Waals surface area contributed by atoms with Crippen LogP contribution >= 0.6 is 0 Å². The van der Waals surface area contributed by atoms with Gasteiger partial charge in [0.25, 0.3) is 0 Å². The van der Waals surface area contributed by atoms with Gasteiger partial charge >= 0.3 is 11.9 Å². The number of aromatic nitrogens is 1. The lowest BCUT2D eigenvalue weighted by molar-refractivity contribution is 0.0287. The number of rotatable bonds is 6. The number of ether oxygens (including phenoxy) is 2. The number of furan rings is 1. The van der Waals surface area contributed by atoms with E-state index in [2.05, 4.69) is 4.98 Å². The van der Waals surface area contributed by atoms with Gasteiger partial charge in [-0.25, -0.2) is 9.59 Å². The van der Waals surface area contributed by atoms with E-state index < -0.39 is 23.8 Å². The van der Waals surface area contributed by atoms with Crippen LogP contribution in [0, 0.1) is 13.8 Å². The number of hydrogen-bond donors (Lipinski definition) is 1. The maximum atomic E-state index is 12.5. The minimum Gasteiger partial charge on any atom is -0.462 e. The number of aromatic amines is 1. The largest absolute Gasteiger partial charge is 0.462 e. The Kier molecular flexibility index (Phi) is 5.23. The van der Waals surface area contributed by atoms with Crippen molar-refractivity contribution in [1.82, 2.24) is 4.98 Å². The summed E-state index contributed by atoms with van der Waals surface area (Å²) in [5.41, 5.74) is 1.54. The van der Waals surface area contributed by atoms with E-state index in [0.29, 0.717) is 16.8 Å². The van der Waals surface area contributed by atoms with E-state index in [-0.39, 0.29) is 18.1 Å². The van der Waals surface area contributed by atoms with Gasteiger partial charge in [0.15, 0.2) is 6.10 Å². The Morgan fingerprint density at radius 2 is 1.96 bits per heavy atom.